The van der Waals surface area contributed by atoms with Crippen LogP contribution in [0.4, 0.5) is 5.69 Å². The molecule has 0 saturated carbocycles. The number of nitrogens with zero attached hydrogens (tertiary/aromatic N) is 3. The monoisotopic (exact) mass is 391 g/mol. The fourth-order valence-electron chi connectivity index (χ4n) is 2.37. The molecule has 1 amide bonds. The van der Waals surface area contributed by atoms with Gasteiger partial charge in [-0.25, -0.2) is 8.42 Å². The van der Waals surface area contributed by atoms with E-state index in [0.29, 0.717) is 4.80 Å². The van der Waals surface area contributed by atoms with E-state index in [9.17, 15) is 23.3 Å². The fraction of sp³-hybridized carbons (Fsp3) is 0.125. The molecule has 1 heterocycles. The van der Waals surface area contributed by atoms with Crippen molar-refractivity contribution in [2.24, 2.45) is 12.0 Å². The van der Waals surface area contributed by atoms with Gasteiger partial charge in [0.2, 0.25) is 0 Å². The Morgan fingerprint density at radius 3 is 2.54 bits per heavy atom. The molecule has 3 rings (SSSR count). The summed E-state index contributed by atoms with van der Waals surface area (Å²) >= 11 is 1.29. The van der Waals surface area contributed by atoms with Crippen molar-refractivity contribution in [1.82, 2.24) is 4.57 Å². The Bertz CT molecular complexity index is 1220. The van der Waals surface area contributed by atoms with Crippen LogP contribution in [0.2, 0.25) is 0 Å². The second-order valence-electron chi connectivity index (χ2n) is 5.57. The van der Waals surface area contributed by atoms with Crippen molar-refractivity contribution in [3.63, 3.8) is 0 Å². The van der Waals surface area contributed by atoms with Gasteiger partial charge in [0.15, 0.2) is 14.6 Å². The van der Waals surface area contributed by atoms with E-state index in [1.807, 2.05) is 24.3 Å². The third kappa shape index (κ3) is 3.41. The molecule has 0 radical (unpaired) electrons. The van der Waals surface area contributed by atoms with Gasteiger partial charge >= 0.3 is 0 Å². The zero-order valence-electron chi connectivity index (χ0n) is 13.7. The van der Waals surface area contributed by atoms with Crippen molar-refractivity contribution in [3.05, 3.63) is 62.9 Å². The van der Waals surface area contributed by atoms with E-state index in [1.165, 1.54) is 11.3 Å². The number of nitro groups is 1. The van der Waals surface area contributed by atoms with Gasteiger partial charge in [0, 0.05) is 31.0 Å². The van der Waals surface area contributed by atoms with Crippen LogP contribution in [0.15, 0.2) is 52.4 Å². The van der Waals surface area contributed by atoms with Crippen LogP contribution in [0, 0.1) is 10.1 Å². The van der Waals surface area contributed by atoms with E-state index in [1.54, 1.807) is 11.6 Å². The van der Waals surface area contributed by atoms with Crippen LogP contribution in [0.3, 0.4) is 0 Å². The van der Waals surface area contributed by atoms with E-state index in [-0.39, 0.29) is 10.5 Å². The second-order valence-corrected chi connectivity index (χ2v) is 8.60. The van der Waals surface area contributed by atoms with Crippen molar-refractivity contribution in [1.29, 1.82) is 0 Å². The van der Waals surface area contributed by atoms with Crippen molar-refractivity contribution >= 4 is 43.0 Å². The lowest BCUT2D eigenvalue weighted by molar-refractivity contribution is -0.385. The van der Waals surface area contributed by atoms with Gasteiger partial charge in [-0.1, -0.05) is 23.5 Å². The first-order valence-corrected chi connectivity index (χ1v) is 10.0. The molecule has 0 aliphatic rings. The minimum atomic E-state index is -3.72. The summed E-state index contributed by atoms with van der Waals surface area (Å²) in [5, 5.41) is 11.1. The van der Waals surface area contributed by atoms with Gasteiger partial charge in [0.25, 0.3) is 11.6 Å². The molecule has 1 aromatic heterocycles. The molecule has 0 spiro atoms. The first-order valence-electron chi connectivity index (χ1n) is 7.30. The maximum atomic E-state index is 12.5. The number of para-hydroxylation sites is 1. The molecule has 2 aromatic carbocycles. The molecule has 0 N–H and O–H groups in total. The summed E-state index contributed by atoms with van der Waals surface area (Å²) in [5.74, 6) is -0.749. The van der Waals surface area contributed by atoms with Crippen molar-refractivity contribution < 1.29 is 18.1 Å². The fourth-order valence-corrected chi connectivity index (χ4v) is 4.06. The molecule has 0 saturated heterocycles. The Morgan fingerprint density at radius 2 is 1.92 bits per heavy atom. The number of hydrogen-bond acceptors (Lipinski definition) is 6. The maximum absolute atomic E-state index is 12.5. The van der Waals surface area contributed by atoms with Crippen LogP contribution in [0.5, 0.6) is 0 Å². The van der Waals surface area contributed by atoms with E-state index < -0.39 is 26.4 Å². The van der Waals surface area contributed by atoms with Crippen molar-refractivity contribution in [3.8, 4) is 0 Å². The van der Waals surface area contributed by atoms with Crippen LogP contribution in [-0.2, 0) is 16.9 Å². The molecular weight excluding hydrogens is 378 g/mol. The normalized spacial score (nSPS) is 12.5. The summed E-state index contributed by atoms with van der Waals surface area (Å²) in [6.07, 6.45) is 0.920. The van der Waals surface area contributed by atoms with Gasteiger partial charge in [-0.15, -0.1) is 0 Å². The molecule has 0 fully saturated rings. The molecule has 0 atom stereocenters. The standard InChI is InChI=1S/C16H13N3O5S2/c1-18-13-5-3-4-6-14(13)25-16(18)17-15(20)10-7-11(19(21)22)9-12(8-10)26(2,23)24/h3-9H,1-2H3. The van der Waals surface area contributed by atoms with E-state index in [4.69, 9.17) is 0 Å². The number of rotatable bonds is 3. The number of fused-ring (bicyclic) bond motifs is 1. The number of thiazole rings is 1. The zero-order valence-corrected chi connectivity index (χ0v) is 15.4. The summed E-state index contributed by atoms with van der Waals surface area (Å²) in [6.45, 7) is 0. The molecule has 0 bridgehead atoms. The summed E-state index contributed by atoms with van der Waals surface area (Å²) < 4.78 is 26.1. The molecule has 0 aliphatic carbocycles. The SMILES string of the molecule is Cn1c(=NC(=O)c2cc([N+](=O)[O-])cc(S(C)(=O)=O)c2)sc2ccccc21. The van der Waals surface area contributed by atoms with Gasteiger partial charge in [-0.3, -0.25) is 14.9 Å². The van der Waals surface area contributed by atoms with Crippen LogP contribution in [0.25, 0.3) is 10.2 Å². The van der Waals surface area contributed by atoms with Crippen LogP contribution in [-0.4, -0.2) is 30.1 Å². The number of carbonyl (C=O) groups excluding carboxylic acids is 1. The average molecular weight is 391 g/mol. The third-order valence-electron chi connectivity index (χ3n) is 3.69. The first-order chi connectivity index (χ1) is 12.2. The van der Waals surface area contributed by atoms with Crippen molar-refractivity contribution in [2.75, 3.05) is 6.26 Å². The molecule has 0 aliphatic heterocycles. The number of aryl methyl sites for hydroxylation is 1. The largest absolute Gasteiger partial charge is 0.319 e. The molecule has 26 heavy (non-hydrogen) atoms. The number of nitro benzene ring substituents is 1. The van der Waals surface area contributed by atoms with Gasteiger partial charge in [-0.2, -0.15) is 4.99 Å². The predicted octanol–water partition coefficient (Wildman–Crippen LogP) is 2.29. The van der Waals surface area contributed by atoms with Crippen LogP contribution >= 0.6 is 11.3 Å². The average Bonchev–Trinajstić information content (AvgIpc) is 2.90. The Hall–Kier alpha value is -2.85. The van der Waals surface area contributed by atoms with Gasteiger partial charge < -0.3 is 4.57 Å². The number of aromatic nitrogens is 1. The Kier molecular flexibility index (Phi) is 4.46. The Morgan fingerprint density at radius 1 is 1.23 bits per heavy atom. The van der Waals surface area contributed by atoms with Crippen LogP contribution in [0.1, 0.15) is 10.4 Å². The highest BCUT2D eigenvalue weighted by Gasteiger charge is 2.19. The van der Waals surface area contributed by atoms with Gasteiger partial charge in [0.05, 0.1) is 20.0 Å². The number of amides is 1. The molecular formula is C16H13N3O5S2. The molecule has 3 aromatic rings. The first kappa shape index (κ1) is 18.0. The van der Waals surface area contributed by atoms with E-state index in [2.05, 4.69) is 4.99 Å². The molecule has 8 nitrogen and oxygen atoms in total. The summed E-state index contributed by atoms with van der Waals surface area (Å²) in [5.41, 5.74) is 0.254. The minimum absolute atomic E-state index is 0.155. The molecule has 134 valence electrons. The highest BCUT2D eigenvalue weighted by molar-refractivity contribution is 7.90. The zero-order chi connectivity index (χ0) is 19.1. The number of carbonyl (C=O) groups is 1. The van der Waals surface area contributed by atoms with Crippen molar-refractivity contribution in [2.45, 2.75) is 4.90 Å². The summed E-state index contributed by atoms with van der Waals surface area (Å²) in [4.78, 5) is 26.9. The minimum Gasteiger partial charge on any atom is -0.319 e. The number of non-ortho nitro benzene ring substituents is 1. The predicted molar refractivity (Wildman–Crippen MR) is 96.9 cm³/mol. The molecule has 0 unspecified atom stereocenters. The topological polar surface area (TPSA) is 112 Å². The van der Waals surface area contributed by atoms with E-state index >= 15 is 0 Å². The second kappa shape index (κ2) is 6.46. The summed E-state index contributed by atoms with van der Waals surface area (Å²) in [7, 11) is -1.97. The quantitative estimate of drug-likeness (QED) is 0.502. The third-order valence-corrected chi connectivity index (χ3v) is 5.89. The highest BCUT2D eigenvalue weighted by Crippen LogP contribution is 2.22. The summed E-state index contributed by atoms with van der Waals surface area (Å²) in [6, 6.07) is 10.5. The molecule has 10 heteroatoms. The Balaban J connectivity index is 2.16. The maximum Gasteiger partial charge on any atom is 0.279 e. The van der Waals surface area contributed by atoms with Gasteiger partial charge in [-0.05, 0) is 18.2 Å². The van der Waals surface area contributed by atoms with Crippen LogP contribution < -0.4 is 4.80 Å². The lowest BCUT2D eigenvalue weighted by Crippen LogP contribution is -2.13. The highest BCUT2D eigenvalue weighted by atomic mass is 32.2. The number of sulfone groups is 1. The lowest BCUT2D eigenvalue weighted by atomic mass is 10.2. The van der Waals surface area contributed by atoms with E-state index in [0.717, 1.165) is 34.7 Å². The van der Waals surface area contributed by atoms with Gasteiger partial charge in [0.1, 0.15) is 0 Å². The lowest BCUT2D eigenvalue weighted by Gasteiger charge is -2.02. The number of benzene rings is 2. The number of hydrogen-bond donors (Lipinski definition) is 0. The smallest absolute Gasteiger partial charge is 0.279 e. The Labute approximate surface area is 152 Å².